The second-order valence-electron chi connectivity index (χ2n) is 9.85. The summed E-state index contributed by atoms with van der Waals surface area (Å²) in [6.45, 7) is 3.35. The van der Waals surface area contributed by atoms with E-state index in [1.165, 1.54) is 37.9 Å². The molecule has 1 aliphatic heterocycles. The molecule has 5 nitrogen and oxygen atoms in total. The molecule has 5 rings (SSSR count). The highest BCUT2D eigenvalue weighted by molar-refractivity contribution is 8.07. The zero-order valence-electron chi connectivity index (χ0n) is 20.6. The Bertz CT molecular complexity index is 1300. The molecule has 1 saturated carbocycles. The predicted molar refractivity (Wildman–Crippen MR) is 157 cm³/mol. The van der Waals surface area contributed by atoms with Crippen molar-refractivity contribution in [3.63, 3.8) is 0 Å². The minimum Gasteiger partial charge on any atom is -0.388 e. The van der Waals surface area contributed by atoms with Crippen LogP contribution in [-0.4, -0.2) is 38.5 Å². The van der Waals surface area contributed by atoms with Crippen molar-refractivity contribution in [1.82, 2.24) is 9.88 Å². The Balaban J connectivity index is 1.34. The number of likely N-dealkylation sites (tertiary alicyclic amines) is 1. The van der Waals surface area contributed by atoms with Crippen LogP contribution < -0.4 is 4.72 Å². The fourth-order valence-corrected chi connectivity index (χ4v) is 7.60. The van der Waals surface area contributed by atoms with Crippen molar-refractivity contribution in [1.29, 1.82) is 0 Å². The van der Waals surface area contributed by atoms with Gasteiger partial charge in [-0.15, -0.1) is 0 Å². The number of benzene rings is 2. The van der Waals surface area contributed by atoms with Crippen LogP contribution in [0.3, 0.4) is 0 Å². The molecular formula is C28H32Cl2N3O2S2+. The van der Waals surface area contributed by atoms with E-state index in [0.717, 1.165) is 34.7 Å². The van der Waals surface area contributed by atoms with Crippen LogP contribution in [0.4, 0.5) is 5.82 Å². The summed E-state index contributed by atoms with van der Waals surface area (Å²) in [5.74, 6) is 4.66. The van der Waals surface area contributed by atoms with E-state index in [1.807, 2.05) is 6.07 Å². The third-order valence-corrected chi connectivity index (χ3v) is 10.2. The minimum atomic E-state index is -2.74. The van der Waals surface area contributed by atoms with E-state index in [0.29, 0.717) is 20.8 Å². The molecule has 0 bridgehead atoms. The number of rotatable bonds is 9. The van der Waals surface area contributed by atoms with Gasteiger partial charge in [0, 0.05) is 33.1 Å². The van der Waals surface area contributed by atoms with Crippen LogP contribution in [0.5, 0.6) is 0 Å². The molecule has 0 spiro atoms. The second-order valence-corrected chi connectivity index (χ2v) is 13.9. The fourth-order valence-electron chi connectivity index (χ4n) is 4.64. The highest BCUT2D eigenvalue weighted by Gasteiger charge is 2.33. The lowest BCUT2D eigenvalue weighted by Crippen LogP contribution is -2.28. The molecular weight excluding hydrogens is 545 g/mol. The van der Waals surface area contributed by atoms with E-state index in [-0.39, 0.29) is 5.92 Å². The molecule has 2 fully saturated rings. The van der Waals surface area contributed by atoms with E-state index in [9.17, 15) is 9.66 Å². The van der Waals surface area contributed by atoms with Crippen molar-refractivity contribution in [3.8, 4) is 0 Å². The van der Waals surface area contributed by atoms with Crippen LogP contribution in [0.25, 0.3) is 0 Å². The molecule has 37 heavy (non-hydrogen) atoms. The molecule has 2 aromatic carbocycles. The highest BCUT2D eigenvalue weighted by Crippen LogP contribution is 2.45. The Hall–Kier alpha value is -1.58. The van der Waals surface area contributed by atoms with Gasteiger partial charge in [0.05, 0.1) is 11.1 Å². The first-order valence-corrected chi connectivity index (χ1v) is 15.9. The summed E-state index contributed by atoms with van der Waals surface area (Å²) in [6.07, 6.45) is 7.10. The van der Waals surface area contributed by atoms with Gasteiger partial charge >= 0.3 is 0 Å². The number of hydrogen-bond acceptors (Lipinski definition) is 6. The second kappa shape index (κ2) is 11.7. The summed E-state index contributed by atoms with van der Waals surface area (Å²) >= 11 is 13.9. The number of piperidine rings is 1. The van der Waals surface area contributed by atoms with Crippen LogP contribution in [0.2, 0.25) is 10.0 Å². The van der Waals surface area contributed by atoms with Gasteiger partial charge in [-0.05, 0) is 86.7 Å². The zero-order valence-corrected chi connectivity index (χ0v) is 23.7. The topological polar surface area (TPSA) is 68.6 Å². The maximum absolute atomic E-state index is 11.1. The van der Waals surface area contributed by atoms with Crippen molar-refractivity contribution in [2.45, 2.75) is 59.4 Å². The zero-order chi connectivity index (χ0) is 26.0. The maximum Gasteiger partial charge on any atom is 0.191 e. The Morgan fingerprint density at radius 1 is 1.08 bits per heavy atom. The summed E-state index contributed by atoms with van der Waals surface area (Å²) in [6, 6.07) is 15.4. The van der Waals surface area contributed by atoms with Gasteiger partial charge in [0.1, 0.15) is 16.0 Å². The molecule has 1 aromatic heterocycles. The number of anilines is 1. The van der Waals surface area contributed by atoms with Crippen LogP contribution in [0.1, 0.15) is 49.3 Å². The summed E-state index contributed by atoms with van der Waals surface area (Å²) < 4.78 is 14.2. The summed E-state index contributed by atoms with van der Waals surface area (Å²) in [7, 11) is -2.74. The van der Waals surface area contributed by atoms with E-state index in [2.05, 4.69) is 44.7 Å². The number of nitrogens with zero attached hydrogens (tertiary/aromatic N) is 2. The van der Waals surface area contributed by atoms with Crippen LogP contribution in [0, 0.1) is 5.92 Å². The minimum absolute atomic E-state index is 0.248. The molecule has 2 atom stereocenters. The third-order valence-electron chi connectivity index (χ3n) is 6.82. The van der Waals surface area contributed by atoms with Gasteiger partial charge in [0.2, 0.25) is 0 Å². The molecule has 2 heterocycles. The van der Waals surface area contributed by atoms with Crippen molar-refractivity contribution >= 4 is 56.7 Å². The van der Waals surface area contributed by atoms with Crippen molar-refractivity contribution < 1.29 is 9.66 Å². The smallest absolute Gasteiger partial charge is 0.191 e. The number of aliphatic hydroxyl groups excluding tert-OH is 1. The Kier molecular flexibility index (Phi) is 8.51. The SMILES string of the molecule is C=[S+](O)(Nc1cc(C(O)C2CC2)c(Sc2ccc(CN3CCCCC3)cc2)cn1)c1ccc(Cl)cc1Cl. The van der Waals surface area contributed by atoms with E-state index in [4.69, 9.17) is 23.2 Å². The Morgan fingerprint density at radius 3 is 2.49 bits per heavy atom. The van der Waals surface area contributed by atoms with Crippen molar-refractivity contribution in [2.24, 2.45) is 5.92 Å². The number of pyridine rings is 1. The highest BCUT2D eigenvalue weighted by atomic mass is 35.5. The molecule has 9 heteroatoms. The normalized spacial score (nSPS) is 18.8. The summed E-state index contributed by atoms with van der Waals surface area (Å²) in [4.78, 5) is 9.54. The van der Waals surface area contributed by atoms with E-state index < -0.39 is 16.2 Å². The molecule has 1 aliphatic carbocycles. The average Bonchev–Trinajstić information content (AvgIpc) is 3.72. The van der Waals surface area contributed by atoms with Gasteiger partial charge in [-0.1, -0.05) is 53.5 Å². The molecule has 3 N–H and O–H groups in total. The first-order chi connectivity index (χ1) is 17.8. The molecule has 0 amide bonds. The molecule has 0 radical (unpaired) electrons. The number of aliphatic hydroxyl groups is 1. The average molecular weight is 578 g/mol. The molecule has 2 unspecified atom stereocenters. The van der Waals surface area contributed by atoms with Crippen LogP contribution in [0.15, 0.2) is 69.4 Å². The monoisotopic (exact) mass is 576 g/mol. The van der Waals surface area contributed by atoms with Gasteiger partial charge in [0.25, 0.3) is 0 Å². The van der Waals surface area contributed by atoms with Gasteiger partial charge < -0.3 is 5.11 Å². The maximum atomic E-state index is 11.1. The van der Waals surface area contributed by atoms with Crippen LogP contribution >= 0.6 is 35.0 Å². The van der Waals surface area contributed by atoms with E-state index >= 15 is 0 Å². The molecule has 3 aromatic rings. The first kappa shape index (κ1) is 27.0. The molecule has 2 aliphatic rings. The Labute approximate surface area is 234 Å². The van der Waals surface area contributed by atoms with Crippen molar-refractivity contribution in [2.75, 3.05) is 17.8 Å². The van der Waals surface area contributed by atoms with Crippen LogP contribution in [-0.2, 0) is 16.6 Å². The lowest BCUT2D eigenvalue weighted by Gasteiger charge is -2.26. The lowest BCUT2D eigenvalue weighted by molar-refractivity contribution is 0.151. The van der Waals surface area contributed by atoms with Gasteiger partial charge in [-0.3, -0.25) is 4.90 Å². The van der Waals surface area contributed by atoms with Crippen molar-refractivity contribution in [3.05, 3.63) is 75.9 Å². The van der Waals surface area contributed by atoms with Gasteiger partial charge in [-0.2, -0.15) is 9.27 Å². The molecule has 1 saturated heterocycles. The standard InChI is InChI=1S/C28H32Cl2N3O2S2/c1-37(35,26-12-9-21(29)15-24(26)30)32-27-16-23(28(34)20-7-8-20)25(17-31-27)36-22-10-5-19(6-11-22)18-33-13-3-2-4-14-33/h5-6,9-12,15-17,20,28,34-35H,1-4,7-8,13-14,18H2,(H,31,32)/q+1. The summed E-state index contributed by atoms with van der Waals surface area (Å²) in [5.41, 5.74) is 2.13. The first-order valence-electron chi connectivity index (χ1n) is 12.6. The fraction of sp³-hybridized carbons (Fsp3) is 0.357. The quantitative estimate of drug-likeness (QED) is 0.182. The lowest BCUT2D eigenvalue weighted by atomic mass is 10.1. The predicted octanol–water partition coefficient (Wildman–Crippen LogP) is 7.41. The number of hydrogen-bond donors (Lipinski definition) is 3. The number of nitrogens with one attached hydrogen (secondary N) is 1. The Morgan fingerprint density at radius 2 is 1.81 bits per heavy atom. The molecule has 196 valence electrons. The van der Waals surface area contributed by atoms with Gasteiger partial charge in [0.15, 0.2) is 10.7 Å². The van der Waals surface area contributed by atoms with Gasteiger partial charge in [-0.25, -0.2) is 4.98 Å². The van der Waals surface area contributed by atoms with E-state index in [1.54, 1.807) is 36.2 Å². The largest absolute Gasteiger partial charge is 0.388 e. The summed E-state index contributed by atoms with van der Waals surface area (Å²) in [5, 5.41) is 11.9. The third kappa shape index (κ3) is 6.90. The number of aromatic nitrogens is 1. The number of halogens is 2.